The molecule has 2 aromatic heterocycles. The van der Waals surface area contributed by atoms with Gasteiger partial charge in [0.15, 0.2) is 0 Å². The molecule has 2 heterocycles. The van der Waals surface area contributed by atoms with Crippen LogP contribution >= 0.6 is 0 Å². The highest BCUT2D eigenvalue weighted by molar-refractivity contribution is 5.91. The lowest BCUT2D eigenvalue weighted by atomic mass is 9.80. The first-order valence-corrected chi connectivity index (χ1v) is 7.50. The average Bonchev–Trinajstić information content (AvgIpc) is 2.85. The number of anilines is 1. The van der Waals surface area contributed by atoms with E-state index in [9.17, 15) is 0 Å². The van der Waals surface area contributed by atoms with E-state index in [0.29, 0.717) is 11.7 Å². The first-order chi connectivity index (χ1) is 10.2. The maximum absolute atomic E-state index is 6.04. The van der Waals surface area contributed by atoms with Crippen molar-refractivity contribution in [2.24, 2.45) is 7.05 Å². The van der Waals surface area contributed by atoms with E-state index in [0.717, 1.165) is 18.4 Å². The van der Waals surface area contributed by atoms with E-state index in [4.69, 9.17) is 5.73 Å². The number of hydrogen-bond donors (Lipinski definition) is 1. The fourth-order valence-electron chi connectivity index (χ4n) is 3.71. The van der Waals surface area contributed by atoms with Gasteiger partial charge >= 0.3 is 0 Å². The van der Waals surface area contributed by atoms with Crippen LogP contribution in [0.1, 0.15) is 29.0 Å². The summed E-state index contributed by atoms with van der Waals surface area (Å²) in [5.41, 5.74) is 11.5. The molecule has 1 aliphatic rings. The number of nitrogen functional groups attached to an aromatic ring is 1. The number of pyridine rings is 1. The Hall–Kier alpha value is -2.29. The van der Waals surface area contributed by atoms with Crippen molar-refractivity contribution in [3.05, 3.63) is 59.4 Å². The van der Waals surface area contributed by atoms with Gasteiger partial charge in [0, 0.05) is 24.8 Å². The number of hydrogen-bond acceptors (Lipinski definition) is 2. The van der Waals surface area contributed by atoms with Gasteiger partial charge in [-0.25, -0.2) is 4.98 Å². The lowest BCUT2D eigenvalue weighted by Crippen LogP contribution is -2.12. The van der Waals surface area contributed by atoms with Crippen LogP contribution in [0.5, 0.6) is 0 Å². The van der Waals surface area contributed by atoms with Crippen LogP contribution in [0.4, 0.5) is 5.82 Å². The van der Waals surface area contributed by atoms with Crippen LogP contribution in [-0.4, -0.2) is 9.55 Å². The molecule has 1 aliphatic carbocycles. The van der Waals surface area contributed by atoms with E-state index in [2.05, 4.69) is 53.1 Å². The Morgan fingerprint density at radius 1 is 1.19 bits per heavy atom. The average molecular weight is 277 g/mol. The van der Waals surface area contributed by atoms with Crippen molar-refractivity contribution in [3.8, 4) is 0 Å². The molecule has 1 unspecified atom stereocenters. The SMILES string of the molecule is Cn1cc(C2CCc3ccccc3C2)c2ccnc(N)c21. The van der Waals surface area contributed by atoms with Gasteiger partial charge in [0.25, 0.3) is 0 Å². The van der Waals surface area contributed by atoms with Gasteiger partial charge in [-0.3, -0.25) is 0 Å². The molecular formula is C18H19N3. The Kier molecular flexibility index (Phi) is 2.74. The second-order valence-corrected chi connectivity index (χ2v) is 6.00. The molecule has 21 heavy (non-hydrogen) atoms. The third-order valence-electron chi connectivity index (χ3n) is 4.74. The van der Waals surface area contributed by atoms with Crippen LogP contribution in [0.2, 0.25) is 0 Å². The van der Waals surface area contributed by atoms with Gasteiger partial charge in [0.1, 0.15) is 5.82 Å². The van der Waals surface area contributed by atoms with Crippen molar-refractivity contribution in [3.63, 3.8) is 0 Å². The minimum absolute atomic E-state index is 0.574. The Morgan fingerprint density at radius 2 is 2.00 bits per heavy atom. The summed E-state index contributed by atoms with van der Waals surface area (Å²) >= 11 is 0. The Labute approximate surface area is 124 Å². The van der Waals surface area contributed by atoms with Crippen molar-refractivity contribution < 1.29 is 0 Å². The number of nitrogens with two attached hydrogens (primary N) is 1. The number of benzene rings is 1. The van der Waals surface area contributed by atoms with Gasteiger partial charge in [-0.2, -0.15) is 0 Å². The molecule has 0 radical (unpaired) electrons. The number of nitrogens with zero attached hydrogens (tertiary/aromatic N) is 2. The summed E-state index contributed by atoms with van der Waals surface area (Å²) in [7, 11) is 2.06. The van der Waals surface area contributed by atoms with Crippen LogP contribution in [0.3, 0.4) is 0 Å². The second-order valence-electron chi connectivity index (χ2n) is 6.00. The lowest BCUT2D eigenvalue weighted by Gasteiger charge is -2.24. The molecule has 3 heteroatoms. The Balaban J connectivity index is 1.80. The highest BCUT2D eigenvalue weighted by Crippen LogP contribution is 2.37. The molecule has 0 fully saturated rings. The fourth-order valence-corrected chi connectivity index (χ4v) is 3.71. The van der Waals surface area contributed by atoms with Crippen LogP contribution in [0, 0.1) is 0 Å². The normalized spacial score (nSPS) is 17.9. The quantitative estimate of drug-likeness (QED) is 0.740. The van der Waals surface area contributed by atoms with Crippen molar-refractivity contribution in [1.82, 2.24) is 9.55 Å². The largest absolute Gasteiger partial charge is 0.382 e. The summed E-state index contributed by atoms with van der Waals surface area (Å²) < 4.78 is 2.12. The third-order valence-corrected chi connectivity index (χ3v) is 4.74. The summed E-state index contributed by atoms with van der Waals surface area (Å²) in [5.74, 6) is 1.20. The molecule has 1 atom stereocenters. The van der Waals surface area contributed by atoms with E-state index >= 15 is 0 Å². The molecule has 0 amide bonds. The summed E-state index contributed by atoms with van der Waals surface area (Å²) in [6.45, 7) is 0. The first-order valence-electron chi connectivity index (χ1n) is 7.50. The minimum Gasteiger partial charge on any atom is -0.382 e. The highest BCUT2D eigenvalue weighted by atomic mass is 15.0. The zero-order valence-electron chi connectivity index (χ0n) is 12.2. The molecule has 0 aliphatic heterocycles. The Bertz CT molecular complexity index is 816. The van der Waals surface area contributed by atoms with Crippen molar-refractivity contribution in [2.45, 2.75) is 25.2 Å². The first kappa shape index (κ1) is 12.5. The van der Waals surface area contributed by atoms with E-state index in [1.165, 1.54) is 28.5 Å². The topological polar surface area (TPSA) is 43.8 Å². The molecule has 3 nitrogen and oxygen atoms in total. The molecule has 0 bridgehead atoms. The van der Waals surface area contributed by atoms with Gasteiger partial charge < -0.3 is 10.3 Å². The fraction of sp³-hybridized carbons (Fsp3) is 0.278. The van der Waals surface area contributed by atoms with Gasteiger partial charge in [0.2, 0.25) is 0 Å². The van der Waals surface area contributed by atoms with Crippen LogP contribution in [0.15, 0.2) is 42.7 Å². The van der Waals surface area contributed by atoms with Gasteiger partial charge in [-0.1, -0.05) is 24.3 Å². The smallest absolute Gasteiger partial charge is 0.147 e. The number of aromatic nitrogens is 2. The predicted molar refractivity (Wildman–Crippen MR) is 86.3 cm³/mol. The van der Waals surface area contributed by atoms with E-state index in [-0.39, 0.29) is 0 Å². The van der Waals surface area contributed by atoms with Crippen molar-refractivity contribution in [1.29, 1.82) is 0 Å². The van der Waals surface area contributed by atoms with Crippen LogP contribution in [0.25, 0.3) is 10.9 Å². The monoisotopic (exact) mass is 277 g/mol. The minimum atomic E-state index is 0.574. The van der Waals surface area contributed by atoms with Crippen LogP contribution < -0.4 is 5.73 Å². The molecule has 2 N–H and O–H groups in total. The van der Waals surface area contributed by atoms with E-state index < -0.39 is 0 Å². The molecular weight excluding hydrogens is 258 g/mol. The van der Waals surface area contributed by atoms with Crippen LogP contribution in [-0.2, 0) is 19.9 Å². The molecule has 0 saturated heterocycles. The summed E-state index contributed by atoms with van der Waals surface area (Å²) in [6, 6.07) is 10.9. The molecule has 3 aromatic rings. The molecule has 106 valence electrons. The Morgan fingerprint density at radius 3 is 2.86 bits per heavy atom. The molecule has 1 aromatic carbocycles. The molecule has 0 saturated carbocycles. The van der Waals surface area contributed by atoms with E-state index in [1.54, 1.807) is 0 Å². The molecule has 4 rings (SSSR count). The lowest BCUT2D eigenvalue weighted by molar-refractivity contribution is 0.587. The summed E-state index contributed by atoms with van der Waals surface area (Å²) in [5, 5.41) is 1.26. The number of fused-ring (bicyclic) bond motifs is 2. The zero-order chi connectivity index (χ0) is 14.4. The third kappa shape index (κ3) is 1.92. The zero-order valence-corrected chi connectivity index (χ0v) is 12.2. The van der Waals surface area contributed by atoms with Gasteiger partial charge in [0.05, 0.1) is 5.52 Å². The van der Waals surface area contributed by atoms with Gasteiger partial charge in [-0.15, -0.1) is 0 Å². The standard InChI is InChI=1S/C18H19N3/c1-21-11-16(15-8-9-20-18(19)17(15)21)14-7-6-12-4-2-3-5-13(12)10-14/h2-5,8-9,11,14H,6-7,10H2,1H3,(H2,19,20). The maximum Gasteiger partial charge on any atom is 0.147 e. The van der Waals surface area contributed by atoms with Crippen molar-refractivity contribution in [2.75, 3.05) is 5.73 Å². The second kappa shape index (κ2) is 4.62. The van der Waals surface area contributed by atoms with E-state index in [1.807, 2.05) is 6.20 Å². The number of rotatable bonds is 1. The molecule has 0 spiro atoms. The van der Waals surface area contributed by atoms with Gasteiger partial charge in [-0.05, 0) is 47.9 Å². The number of aryl methyl sites for hydroxylation is 2. The predicted octanol–water partition coefficient (Wildman–Crippen LogP) is 3.43. The highest BCUT2D eigenvalue weighted by Gasteiger charge is 2.23. The maximum atomic E-state index is 6.04. The summed E-state index contributed by atoms with van der Waals surface area (Å²) in [4.78, 5) is 4.22. The summed E-state index contributed by atoms with van der Waals surface area (Å²) in [6.07, 6.45) is 7.55. The van der Waals surface area contributed by atoms with Crippen molar-refractivity contribution >= 4 is 16.7 Å².